The molecule has 2 rings (SSSR count). The predicted molar refractivity (Wildman–Crippen MR) is 101 cm³/mol. The number of nitrogens with two attached hydrogens (primary N) is 1. The van der Waals surface area contributed by atoms with Gasteiger partial charge in [-0.05, 0) is 49.3 Å². The van der Waals surface area contributed by atoms with Crippen LogP contribution in [0.5, 0.6) is 0 Å². The molecule has 124 valence electrons. The van der Waals surface area contributed by atoms with Crippen LogP contribution in [-0.2, 0) is 5.41 Å². The van der Waals surface area contributed by atoms with Crippen molar-refractivity contribution in [2.75, 3.05) is 0 Å². The zero-order valence-corrected chi connectivity index (χ0v) is 15.3. The van der Waals surface area contributed by atoms with Gasteiger partial charge in [-0.2, -0.15) is 0 Å². The molecular formula is C22H31N. The molecule has 0 aliphatic rings. The summed E-state index contributed by atoms with van der Waals surface area (Å²) in [5.41, 5.74) is 10.3. The molecule has 0 radical (unpaired) electrons. The molecule has 2 N–H and O–H groups in total. The SMILES string of the molecule is CCC(CC)(c1ccccc1)c1ccc(C(C)C(C)(C)N)cc1. The van der Waals surface area contributed by atoms with Crippen molar-refractivity contribution < 1.29 is 0 Å². The number of hydrogen-bond acceptors (Lipinski definition) is 1. The summed E-state index contributed by atoms with van der Waals surface area (Å²) in [6.07, 6.45) is 2.20. The highest BCUT2D eigenvalue weighted by molar-refractivity contribution is 5.41. The average Bonchev–Trinajstić information content (AvgIpc) is 2.57. The third-order valence-electron chi connectivity index (χ3n) is 5.61. The van der Waals surface area contributed by atoms with Crippen LogP contribution in [0.25, 0.3) is 0 Å². The zero-order chi connectivity index (χ0) is 17.1. The van der Waals surface area contributed by atoms with Crippen LogP contribution in [0, 0.1) is 0 Å². The number of rotatable bonds is 6. The van der Waals surface area contributed by atoms with E-state index in [-0.39, 0.29) is 11.0 Å². The monoisotopic (exact) mass is 309 g/mol. The first kappa shape index (κ1) is 17.7. The standard InChI is InChI=1S/C22H31N/c1-6-22(7-2,19-11-9-8-10-12-19)20-15-13-18(14-16-20)17(3)21(4,5)23/h8-17H,6-7,23H2,1-5H3. The fourth-order valence-electron chi connectivity index (χ4n) is 3.51. The molecule has 1 heteroatoms. The normalized spacial score (nSPS) is 13.8. The van der Waals surface area contributed by atoms with Crippen molar-refractivity contribution >= 4 is 0 Å². The Morgan fingerprint density at radius 1 is 0.826 bits per heavy atom. The Balaban J connectivity index is 2.43. The molecule has 23 heavy (non-hydrogen) atoms. The van der Waals surface area contributed by atoms with Gasteiger partial charge in [0.25, 0.3) is 0 Å². The Morgan fingerprint density at radius 3 is 1.74 bits per heavy atom. The smallest absolute Gasteiger partial charge is 0.0197 e. The highest BCUT2D eigenvalue weighted by Crippen LogP contribution is 2.39. The van der Waals surface area contributed by atoms with E-state index >= 15 is 0 Å². The Hall–Kier alpha value is -1.60. The quantitative estimate of drug-likeness (QED) is 0.735. The van der Waals surface area contributed by atoms with Crippen molar-refractivity contribution in [1.29, 1.82) is 0 Å². The van der Waals surface area contributed by atoms with Crippen molar-refractivity contribution in [3.05, 3.63) is 71.3 Å². The van der Waals surface area contributed by atoms with Crippen molar-refractivity contribution in [3.8, 4) is 0 Å². The molecule has 0 saturated carbocycles. The second-order valence-corrected chi connectivity index (χ2v) is 7.32. The van der Waals surface area contributed by atoms with Gasteiger partial charge in [-0.15, -0.1) is 0 Å². The van der Waals surface area contributed by atoms with Gasteiger partial charge in [0.2, 0.25) is 0 Å². The molecule has 0 aliphatic heterocycles. The Kier molecular flexibility index (Phi) is 5.31. The van der Waals surface area contributed by atoms with Gasteiger partial charge < -0.3 is 5.73 Å². The fraction of sp³-hybridized carbons (Fsp3) is 0.455. The van der Waals surface area contributed by atoms with E-state index in [4.69, 9.17) is 5.73 Å². The lowest BCUT2D eigenvalue weighted by atomic mass is 9.70. The number of benzene rings is 2. The zero-order valence-electron chi connectivity index (χ0n) is 15.3. The molecule has 0 spiro atoms. The van der Waals surface area contributed by atoms with Crippen LogP contribution in [0.2, 0.25) is 0 Å². The maximum absolute atomic E-state index is 6.28. The van der Waals surface area contributed by atoms with Gasteiger partial charge in [-0.25, -0.2) is 0 Å². The third-order valence-corrected chi connectivity index (χ3v) is 5.61. The van der Waals surface area contributed by atoms with Crippen LogP contribution in [0.1, 0.15) is 70.1 Å². The van der Waals surface area contributed by atoms with Crippen LogP contribution < -0.4 is 5.73 Å². The van der Waals surface area contributed by atoms with E-state index < -0.39 is 0 Å². The van der Waals surface area contributed by atoms with Gasteiger partial charge in [-0.3, -0.25) is 0 Å². The van der Waals surface area contributed by atoms with Gasteiger partial charge in [0.1, 0.15) is 0 Å². The lowest BCUT2D eigenvalue weighted by molar-refractivity contribution is 0.434. The molecule has 2 aromatic carbocycles. The highest BCUT2D eigenvalue weighted by Gasteiger charge is 2.31. The predicted octanol–water partition coefficient (Wildman–Crippen LogP) is 5.63. The van der Waals surface area contributed by atoms with Crippen molar-refractivity contribution in [1.82, 2.24) is 0 Å². The largest absolute Gasteiger partial charge is 0.325 e. The summed E-state index contributed by atoms with van der Waals surface area (Å²) in [7, 11) is 0. The summed E-state index contributed by atoms with van der Waals surface area (Å²) in [5.74, 6) is 0.339. The lowest BCUT2D eigenvalue weighted by Gasteiger charge is -2.34. The summed E-state index contributed by atoms with van der Waals surface area (Å²) in [6.45, 7) is 11.0. The second-order valence-electron chi connectivity index (χ2n) is 7.32. The van der Waals surface area contributed by atoms with Crippen LogP contribution >= 0.6 is 0 Å². The van der Waals surface area contributed by atoms with Gasteiger partial charge in [0.05, 0.1) is 0 Å². The van der Waals surface area contributed by atoms with Gasteiger partial charge in [0, 0.05) is 11.0 Å². The van der Waals surface area contributed by atoms with E-state index in [2.05, 4.69) is 89.2 Å². The van der Waals surface area contributed by atoms with Crippen LogP contribution in [-0.4, -0.2) is 5.54 Å². The summed E-state index contributed by atoms with van der Waals surface area (Å²) < 4.78 is 0. The molecule has 0 aliphatic carbocycles. The number of hydrogen-bond donors (Lipinski definition) is 1. The molecule has 1 unspecified atom stereocenters. The van der Waals surface area contributed by atoms with Crippen LogP contribution in [0.3, 0.4) is 0 Å². The minimum absolute atomic E-state index is 0.0985. The molecule has 0 fully saturated rings. The van der Waals surface area contributed by atoms with Gasteiger partial charge >= 0.3 is 0 Å². The molecular weight excluding hydrogens is 278 g/mol. The molecule has 0 saturated heterocycles. The molecule has 2 aromatic rings. The Labute approximate surface area is 141 Å². The summed E-state index contributed by atoms with van der Waals surface area (Å²) >= 11 is 0. The van der Waals surface area contributed by atoms with E-state index in [1.54, 1.807) is 0 Å². The summed E-state index contributed by atoms with van der Waals surface area (Å²) in [4.78, 5) is 0. The van der Waals surface area contributed by atoms with E-state index in [0.717, 1.165) is 12.8 Å². The Morgan fingerprint density at radius 2 is 1.30 bits per heavy atom. The van der Waals surface area contributed by atoms with E-state index in [0.29, 0.717) is 5.92 Å². The second kappa shape index (κ2) is 6.88. The van der Waals surface area contributed by atoms with Crippen LogP contribution in [0.15, 0.2) is 54.6 Å². The fourth-order valence-corrected chi connectivity index (χ4v) is 3.51. The van der Waals surface area contributed by atoms with Crippen LogP contribution in [0.4, 0.5) is 0 Å². The maximum atomic E-state index is 6.28. The summed E-state index contributed by atoms with van der Waals surface area (Å²) in [5, 5.41) is 0. The third kappa shape index (κ3) is 3.50. The topological polar surface area (TPSA) is 26.0 Å². The first-order chi connectivity index (χ1) is 10.8. The minimum Gasteiger partial charge on any atom is -0.325 e. The average molecular weight is 309 g/mol. The van der Waals surface area contributed by atoms with Crippen molar-refractivity contribution in [3.63, 3.8) is 0 Å². The first-order valence-electron chi connectivity index (χ1n) is 8.80. The Bertz CT molecular complexity index is 601. The minimum atomic E-state index is -0.201. The van der Waals surface area contributed by atoms with Gasteiger partial charge in [0.15, 0.2) is 0 Å². The van der Waals surface area contributed by atoms with E-state index in [1.165, 1.54) is 16.7 Å². The van der Waals surface area contributed by atoms with E-state index in [1.807, 2.05) is 0 Å². The van der Waals surface area contributed by atoms with Crippen molar-refractivity contribution in [2.45, 2.75) is 64.3 Å². The molecule has 0 amide bonds. The highest BCUT2D eigenvalue weighted by atomic mass is 14.7. The molecule has 0 aromatic heterocycles. The maximum Gasteiger partial charge on any atom is 0.0197 e. The lowest BCUT2D eigenvalue weighted by Crippen LogP contribution is -2.37. The molecule has 0 heterocycles. The summed E-state index contributed by atoms with van der Waals surface area (Å²) in [6, 6.07) is 20.0. The first-order valence-corrected chi connectivity index (χ1v) is 8.80. The molecule has 1 atom stereocenters. The van der Waals surface area contributed by atoms with Gasteiger partial charge in [-0.1, -0.05) is 75.4 Å². The molecule has 1 nitrogen and oxygen atoms in total. The van der Waals surface area contributed by atoms with E-state index in [9.17, 15) is 0 Å². The molecule has 0 bridgehead atoms. The van der Waals surface area contributed by atoms with Crippen molar-refractivity contribution in [2.24, 2.45) is 5.73 Å².